The summed E-state index contributed by atoms with van der Waals surface area (Å²) in [6, 6.07) is 5.95. The molecular weight excluding hydrogens is 311 g/mol. The van der Waals surface area contributed by atoms with Crippen molar-refractivity contribution in [2.24, 2.45) is 0 Å². The van der Waals surface area contributed by atoms with Crippen LogP contribution in [0.1, 0.15) is 45.6 Å². The molecule has 6 heteroatoms. The molecule has 2 aromatic rings. The minimum absolute atomic E-state index is 0.0974. The van der Waals surface area contributed by atoms with Gasteiger partial charge in [0.2, 0.25) is 0 Å². The van der Waals surface area contributed by atoms with Gasteiger partial charge in [-0.25, -0.2) is 4.39 Å². The number of nitrogens with one attached hydrogen (secondary N) is 2. The SMILES string of the molecule is O=C(NCc1ccc(F)c(CO)c1)c1cc2c([nH]c1=O)CCCC2. The van der Waals surface area contributed by atoms with Gasteiger partial charge in [0, 0.05) is 17.8 Å². The zero-order valence-electron chi connectivity index (χ0n) is 13.2. The third-order valence-corrected chi connectivity index (χ3v) is 4.32. The molecule has 1 heterocycles. The van der Waals surface area contributed by atoms with Gasteiger partial charge in [-0.2, -0.15) is 0 Å². The number of aromatic amines is 1. The number of rotatable bonds is 4. The van der Waals surface area contributed by atoms with E-state index in [4.69, 9.17) is 5.11 Å². The minimum Gasteiger partial charge on any atom is -0.392 e. The summed E-state index contributed by atoms with van der Waals surface area (Å²) < 4.78 is 13.4. The molecular formula is C18H19FN2O3. The third-order valence-electron chi connectivity index (χ3n) is 4.32. The van der Waals surface area contributed by atoms with Gasteiger partial charge in [-0.1, -0.05) is 6.07 Å². The number of carbonyl (C=O) groups is 1. The molecule has 0 aliphatic heterocycles. The van der Waals surface area contributed by atoms with E-state index >= 15 is 0 Å². The number of benzene rings is 1. The number of hydrogen-bond donors (Lipinski definition) is 3. The zero-order chi connectivity index (χ0) is 17.1. The number of aryl methyl sites for hydroxylation is 2. The standard InChI is InChI=1S/C18H19FN2O3/c19-15-6-5-11(7-13(15)10-22)9-20-17(23)14-8-12-3-1-2-4-16(12)21-18(14)24/h5-8,22H,1-4,9-10H2,(H,20,23)(H,21,24). The van der Waals surface area contributed by atoms with E-state index in [1.165, 1.54) is 18.2 Å². The van der Waals surface area contributed by atoms with Crippen LogP contribution >= 0.6 is 0 Å². The fourth-order valence-corrected chi connectivity index (χ4v) is 2.98. The first-order chi connectivity index (χ1) is 11.6. The Morgan fingerprint density at radius 2 is 2.04 bits per heavy atom. The number of aliphatic hydroxyl groups excluding tert-OH is 1. The maximum absolute atomic E-state index is 13.4. The fourth-order valence-electron chi connectivity index (χ4n) is 2.98. The summed E-state index contributed by atoms with van der Waals surface area (Å²) >= 11 is 0. The Morgan fingerprint density at radius 3 is 2.83 bits per heavy atom. The highest BCUT2D eigenvalue weighted by atomic mass is 19.1. The van der Waals surface area contributed by atoms with E-state index in [1.807, 2.05) is 0 Å². The predicted octanol–water partition coefficient (Wildman–Crippen LogP) is 1.82. The molecule has 0 atom stereocenters. The average Bonchev–Trinajstić information content (AvgIpc) is 2.60. The van der Waals surface area contributed by atoms with Gasteiger partial charge in [0.05, 0.1) is 6.61 Å². The molecule has 1 aliphatic rings. The van der Waals surface area contributed by atoms with Crippen molar-refractivity contribution in [2.45, 2.75) is 38.8 Å². The van der Waals surface area contributed by atoms with Gasteiger partial charge in [-0.05, 0) is 55.0 Å². The summed E-state index contributed by atoms with van der Waals surface area (Å²) in [6.45, 7) is -0.249. The maximum Gasteiger partial charge on any atom is 0.261 e. The van der Waals surface area contributed by atoms with Gasteiger partial charge in [-0.15, -0.1) is 0 Å². The van der Waals surface area contributed by atoms with Crippen LogP contribution in [-0.2, 0) is 26.0 Å². The average molecular weight is 330 g/mol. The van der Waals surface area contributed by atoms with E-state index < -0.39 is 18.3 Å². The third kappa shape index (κ3) is 3.38. The molecule has 1 aliphatic carbocycles. The van der Waals surface area contributed by atoms with Gasteiger partial charge < -0.3 is 15.4 Å². The van der Waals surface area contributed by atoms with Gasteiger partial charge in [0.15, 0.2) is 0 Å². The van der Waals surface area contributed by atoms with Crippen LogP contribution in [0.3, 0.4) is 0 Å². The monoisotopic (exact) mass is 330 g/mol. The summed E-state index contributed by atoms with van der Waals surface area (Å²) in [4.78, 5) is 27.2. The second kappa shape index (κ2) is 6.97. The van der Waals surface area contributed by atoms with Crippen LogP contribution in [0.15, 0.2) is 29.1 Å². The van der Waals surface area contributed by atoms with Crippen molar-refractivity contribution >= 4 is 5.91 Å². The Balaban J connectivity index is 1.75. The number of hydrogen-bond acceptors (Lipinski definition) is 3. The Bertz CT molecular complexity index is 829. The molecule has 1 aromatic heterocycles. The van der Waals surface area contributed by atoms with Crippen molar-refractivity contribution in [3.63, 3.8) is 0 Å². The van der Waals surface area contributed by atoms with Gasteiger partial charge in [0.1, 0.15) is 11.4 Å². The molecule has 0 saturated heterocycles. The van der Waals surface area contributed by atoms with E-state index in [2.05, 4.69) is 10.3 Å². The summed E-state index contributed by atoms with van der Waals surface area (Å²) in [5, 5.41) is 11.7. The topological polar surface area (TPSA) is 82.2 Å². The van der Waals surface area contributed by atoms with E-state index in [1.54, 1.807) is 6.07 Å². The van der Waals surface area contributed by atoms with Crippen LogP contribution in [0.4, 0.5) is 4.39 Å². The minimum atomic E-state index is -0.487. The lowest BCUT2D eigenvalue weighted by Crippen LogP contribution is -2.30. The van der Waals surface area contributed by atoms with Crippen LogP contribution in [0, 0.1) is 5.82 Å². The van der Waals surface area contributed by atoms with E-state index in [9.17, 15) is 14.0 Å². The molecule has 1 amide bonds. The zero-order valence-corrected chi connectivity index (χ0v) is 13.2. The molecule has 3 rings (SSSR count). The normalized spacial score (nSPS) is 13.4. The maximum atomic E-state index is 13.4. The molecule has 24 heavy (non-hydrogen) atoms. The first kappa shape index (κ1) is 16.4. The number of carbonyl (C=O) groups excluding carboxylic acids is 1. The molecule has 126 valence electrons. The Morgan fingerprint density at radius 1 is 1.25 bits per heavy atom. The molecule has 0 fully saturated rings. The number of amides is 1. The van der Waals surface area contributed by atoms with E-state index in [-0.39, 0.29) is 23.2 Å². The summed E-state index contributed by atoms with van der Waals surface area (Å²) in [5.74, 6) is -0.946. The van der Waals surface area contributed by atoms with Crippen LogP contribution < -0.4 is 10.9 Å². The molecule has 0 saturated carbocycles. The van der Waals surface area contributed by atoms with Crippen molar-refractivity contribution in [2.75, 3.05) is 0 Å². The van der Waals surface area contributed by atoms with Gasteiger partial charge in [0.25, 0.3) is 11.5 Å². The molecule has 0 spiro atoms. The molecule has 1 aromatic carbocycles. The van der Waals surface area contributed by atoms with Crippen LogP contribution in [0.5, 0.6) is 0 Å². The van der Waals surface area contributed by atoms with Crippen molar-refractivity contribution in [1.82, 2.24) is 10.3 Å². The first-order valence-electron chi connectivity index (χ1n) is 8.00. The largest absolute Gasteiger partial charge is 0.392 e. The molecule has 0 radical (unpaired) electrons. The van der Waals surface area contributed by atoms with Crippen molar-refractivity contribution in [3.05, 3.63) is 68.4 Å². The van der Waals surface area contributed by atoms with Crippen molar-refractivity contribution in [3.8, 4) is 0 Å². The lowest BCUT2D eigenvalue weighted by molar-refractivity contribution is 0.0949. The number of fused-ring (bicyclic) bond motifs is 1. The summed E-state index contributed by atoms with van der Waals surface area (Å²) in [7, 11) is 0. The highest BCUT2D eigenvalue weighted by Gasteiger charge is 2.17. The Hall–Kier alpha value is -2.47. The molecule has 0 bridgehead atoms. The number of aromatic nitrogens is 1. The lowest BCUT2D eigenvalue weighted by Gasteiger charge is -2.16. The second-order valence-corrected chi connectivity index (χ2v) is 5.99. The predicted molar refractivity (Wildman–Crippen MR) is 87.2 cm³/mol. The van der Waals surface area contributed by atoms with E-state index in [0.29, 0.717) is 5.56 Å². The highest BCUT2D eigenvalue weighted by Crippen LogP contribution is 2.18. The Labute approximate surface area is 138 Å². The van der Waals surface area contributed by atoms with Gasteiger partial charge >= 0.3 is 0 Å². The fraction of sp³-hybridized carbons (Fsp3) is 0.333. The summed E-state index contributed by atoms with van der Waals surface area (Å²) in [5.41, 5.74) is 2.49. The highest BCUT2D eigenvalue weighted by molar-refractivity contribution is 5.94. The lowest BCUT2D eigenvalue weighted by atomic mass is 9.95. The number of H-pyrrole nitrogens is 1. The Kier molecular flexibility index (Phi) is 4.76. The van der Waals surface area contributed by atoms with Gasteiger partial charge in [-0.3, -0.25) is 9.59 Å². The molecule has 0 unspecified atom stereocenters. The smallest absolute Gasteiger partial charge is 0.261 e. The van der Waals surface area contributed by atoms with Crippen LogP contribution in [-0.4, -0.2) is 16.0 Å². The molecule has 5 nitrogen and oxygen atoms in total. The number of aliphatic hydroxyl groups is 1. The van der Waals surface area contributed by atoms with Crippen LogP contribution in [0.2, 0.25) is 0 Å². The van der Waals surface area contributed by atoms with Crippen molar-refractivity contribution < 1.29 is 14.3 Å². The van der Waals surface area contributed by atoms with Crippen LogP contribution in [0.25, 0.3) is 0 Å². The quantitative estimate of drug-likeness (QED) is 0.800. The van der Waals surface area contributed by atoms with E-state index in [0.717, 1.165) is 36.9 Å². The second-order valence-electron chi connectivity index (χ2n) is 5.99. The number of pyridine rings is 1. The molecule has 3 N–H and O–H groups in total. The summed E-state index contributed by atoms with van der Waals surface area (Å²) in [6.07, 6.45) is 3.81. The van der Waals surface area contributed by atoms with Crippen molar-refractivity contribution in [1.29, 1.82) is 0 Å². The first-order valence-corrected chi connectivity index (χ1v) is 8.00. The number of halogens is 1.